The maximum atomic E-state index is 14.0. The third-order valence-electron chi connectivity index (χ3n) is 5.28. The summed E-state index contributed by atoms with van der Waals surface area (Å²) < 4.78 is 30.3. The number of pyridine rings is 1. The Kier molecular flexibility index (Phi) is 7.75. The van der Waals surface area contributed by atoms with Crippen molar-refractivity contribution in [2.75, 3.05) is 52.9 Å². The van der Waals surface area contributed by atoms with E-state index in [2.05, 4.69) is 20.6 Å². The Balaban J connectivity index is 1.56. The van der Waals surface area contributed by atoms with E-state index in [-0.39, 0.29) is 11.9 Å². The van der Waals surface area contributed by atoms with Crippen LogP contribution < -0.4 is 29.7 Å². The van der Waals surface area contributed by atoms with Crippen molar-refractivity contribution in [1.82, 2.24) is 15.6 Å². The summed E-state index contributed by atoms with van der Waals surface area (Å²) in [6, 6.07) is 6.87. The second-order valence-electron chi connectivity index (χ2n) is 7.14. The van der Waals surface area contributed by atoms with Gasteiger partial charge in [0.2, 0.25) is 0 Å². The van der Waals surface area contributed by atoms with Crippen LogP contribution in [0, 0.1) is 5.82 Å². The molecule has 0 radical (unpaired) electrons. The number of halogens is 1. The van der Waals surface area contributed by atoms with Gasteiger partial charge in [-0.1, -0.05) is 0 Å². The molecule has 2 aromatic rings. The summed E-state index contributed by atoms with van der Waals surface area (Å²) in [5.41, 5.74) is 0.950. The van der Waals surface area contributed by atoms with E-state index in [1.807, 2.05) is 17.0 Å². The van der Waals surface area contributed by atoms with Gasteiger partial charge < -0.3 is 29.7 Å². The van der Waals surface area contributed by atoms with Crippen molar-refractivity contribution in [3.8, 4) is 17.2 Å². The summed E-state index contributed by atoms with van der Waals surface area (Å²) in [4.78, 5) is 10.4. The van der Waals surface area contributed by atoms with Gasteiger partial charge in [-0.3, -0.25) is 4.99 Å². The molecule has 0 amide bonds. The number of aromatic nitrogens is 1. The molecule has 9 heteroatoms. The van der Waals surface area contributed by atoms with Crippen molar-refractivity contribution in [3.63, 3.8) is 0 Å². The molecule has 1 saturated heterocycles. The van der Waals surface area contributed by atoms with Crippen LogP contribution in [0.25, 0.3) is 0 Å². The molecule has 2 heterocycles. The first-order valence-electron chi connectivity index (χ1n) is 10.2. The number of anilines is 1. The molecular weight excluding hydrogens is 401 g/mol. The number of nitrogens with zero attached hydrogens (tertiary/aromatic N) is 3. The van der Waals surface area contributed by atoms with Crippen molar-refractivity contribution in [1.29, 1.82) is 0 Å². The van der Waals surface area contributed by atoms with E-state index in [0.717, 1.165) is 18.5 Å². The van der Waals surface area contributed by atoms with E-state index in [1.165, 1.54) is 6.07 Å². The highest BCUT2D eigenvalue weighted by atomic mass is 19.1. The van der Waals surface area contributed by atoms with E-state index in [4.69, 9.17) is 14.2 Å². The van der Waals surface area contributed by atoms with Crippen molar-refractivity contribution >= 4 is 11.8 Å². The van der Waals surface area contributed by atoms with Gasteiger partial charge in [0.1, 0.15) is 17.2 Å². The van der Waals surface area contributed by atoms with E-state index in [0.29, 0.717) is 48.5 Å². The highest BCUT2D eigenvalue weighted by Gasteiger charge is 2.26. The summed E-state index contributed by atoms with van der Waals surface area (Å²) in [5, 5.41) is 6.74. The lowest BCUT2D eigenvalue weighted by molar-refractivity contribution is 0.368. The van der Waals surface area contributed by atoms with Crippen molar-refractivity contribution < 1.29 is 18.6 Å². The normalized spacial score (nSPS) is 16.2. The fraction of sp³-hybridized carbons (Fsp3) is 0.455. The molecule has 0 aliphatic carbocycles. The molecule has 8 nitrogen and oxygen atoms in total. The van der Waals surface area contributed by atoms with E-state index in [1.54, 1.807) is 40.6 Å². The molecule has 3 rings (SSSR count). The number of rotatable bonds is 8. The predicted octanol–water partition coefficient (Wildman–Crippen LogP) is 2.23. The third-order valence-corrected chi connectivity index (χ3v) is 5.28. The molecule has 1 aliphatic rings. The van der Waals surface area contributed by atoms with E-state index >= 15 is 0 Å². The first-order chi connectivity index (χ1) is 15.1. The molecule has 31 heavy (non-hydrogen) atoms. The predicted molar refractivity (Wildman–Crippen MR) is 119 cm³/mol. The molecule has 1 atom stereocenters. The van der Waals surface area contributed by atoms with Gasteiger partial charge >= 0.3 is 0 Å². The van der Waals surface area contributed by atoms with Crippen LogP contribution in [0.5, 0.6) is 17.2 Å². The first kappa shape index (κ1) is 22.5. The monoisotopic (exact) mass is 431 g/mol. The number of ether oxygens (including phenoxy) is 3. The lowest BCUT2D eigenvalue weighted by Gasteiger charge is -2.20. The molecule has 1 aromatic heterocycles. The van der Waals surface area contributed by atoms with Crippen LogP contribution in [-0.2, 0) is 6.42 Å². The molecule has 1 unspecified atom stereocenters. The standard InChI is InChI=1S/C22H30FN5O3/c1-24-22(27-15-8-11-28(14-15)21-18(23)6-5-9-25-21)26-10-7-17-19(30-3)12-16(29-2)13-20(17)31-4/h5-6,9,12-13,15H,7-8,10-11,14H2,1-4H3,(H2,24,26,27). The maximum absolute atomic E-state index is 14.0. The second-order valence-corrected chi connectivity index (χ2v) is 7.14. The molecule has 1 aliphatic heterocycles. The Morgan fingerprint density at radius 3 is 2.58 bits per heavy atom. The Morgan fingerprint density at radius 1 is 1.23 bits per heavy atom. The number of hydrogen-bond donors (Lipinski definition) is 2. The molecule has 2 N–H and O–H groups in total. The molecule has 168 valence electrons. The Labute approximate surface area is 182 Å². The lowest BCUT2D eigenvalue weighted by Crippen LogP contribution is -2.45. The van der Waals surface area contributed by atoms with Crippen LogP contribution in [0.2, 0.25) is 0 Å². The van der Waals surface area contributed by atoms with Gasteiger partial charge in [0.15, 0.2) is 17.6 Å². The van der Waals surface area contributed by atoms with Gasteiger partial charge in [0.05, 0.1) is 21.3 Å². The molecule has 0 bridgehead atoms. The first-order valence-corrected chi connectivity index (χ1v) is 10.2. The number of benzene rings is 1. The van der Waals surface area contributed by atoms with E-state index < -0.39 is 0 Å². The van der Waals surface area contributed by atoms with Gasteiger partial charge in [0, 0.05) is 56.6 Å². The SMILES string of the molecule is CN=C(NCCc1c(OC)cc(OC)cc1OC)NC1CCN(c2ncccc2F)C1. The topological polar surface area (TPSA) is 80.2 Å². The Hall–Kier alpha value is -3.23. The summed E-state index contributed by atoms with van der Waals surface area (Å²) in [7, 11) is 6.59. The number of guanidine groups is 1. The number of methoxy groups -OCH3 is 3. The average molecular weight is 432 g/mol. The molecular formula is C22H30FN5O3. The molecule has 1 fully saturated rings. The summed E-state index contributed by atoms with van der Waals surface area (Å²) in [6.07, 6.45) is 3.16. The summed E-state index contributed by atoms with van der Waals surface area (Å²) >= 11 is 0. The highest BCUT2D eigenvalue weighted by molar-refractivity contribution is 5.80. The minimum atomic E-state index is -0.298. The second kappa shape index (κ2) is 10.7. The number of aliphatic imine (C=N–C) groups is 1. The van der Waals surface area contributed by atoms with Crippen molar-refractivity contribution in [2.24, 2.45) is 4.99 Å². The zero-order valence-corrected chi connectivity index (χ0v) is 18.4. The van der Waals surface area contributed by atoms with Crippen LogP contribution in [-0.4, -0.2) is 65.0 Å². The summed E-state index contributed by atoms with van der Waals surface area (Å²) in [6.45, 7) is 2.03. The molecule has 0 saturated carbocycles. The Morgan fingerprint density at radius 2 is 1.97 bits per heavy atom. The zero-order valence-electron chi connectivity index (χ0n) is 18.4. The van der Waals surface area contributed by atoms with Crippen LogP contribution >= 0.6 is 0 Å². The minimum absolute atomic E-state index is 0.151. The molecule has 1 aromatic carbocycles. The van der Waals surface area contributed by atoms with Crippen LogP contribution in [0.4, 0.5) is 10.2 Å². The smallest absolute Gasteiger partial charge is 0.191 e. The van der Waals surface area contributed by atoms with Gasteiger partial charge in [0.25, 0.3) is 0 Å². The minimum Gasteiger partial charge on any atom is -0.496 e. The zero-order chi connectivity index (χ0) is 22.2. The van der Waals surface area contributed by atoms with Gasteiger partial charge in [-0.2, -0.15) is 0 Å². The third kappa shape index (κ3) is 5.48. The largest absolute Gasteiger partial charge is 0.496 e. The fourth-order valence-electron chi connectivity index (χ4n) is 3.70. The van der Waals surface area contributed by atoms with Gasteiger partial charge in [-0.05, 0) is 25.0 Å². The Bertz CT molecular complexity index is 883. The van der Waals surface area contributed by atoms with Crippen LogP contribution in [0.15, 0.2) is 35.5 Å². The van der Waals surface area contributed by atoms with Crippen molar-refractivity contribution in [2.45, 2.75) is 18.9 Å². The maximum Gasteiger partial charge on any atom is 0.191 e. The van der Waals surface area contributed by atoms with Gasteiger partial charge in [-0.25, -0.2) is 9.37 Å². The van der Waals surface area contributed by atoms with Crippen LogP contribution in [0.1, 0.15) is 12.0 Å². The van der Waals surface area contributed by atoms with Gasteiger partial charge in [-0.15, -0.1) is 0 Å². The number of nitrogens with one attached hydrogen (secondary N) is 2. The number of hydrogen-bond acceptors (Lipinski definition) is 6. The van der Waals surface area contributed by atoms with Crippen molar-refractivity contribution in [3.05, 3.63) is 41.8 Å². The van der Waals surface area contributed by atoms with Crippen LogP contribution in [0.3, 0.4) is 0 Å². The molecule has 0 spiro atoms. The van der Waals surface area contributed by atoms with E-state index in [9.17, 15) is 4.39 Å². The summed E-state index contributed by atoms with van der Waals surface area (Å²) in [5.74, 6) is 2.90. The quantitative estimate of drug-likeness (QED) is 0.490. The average Bonchev–Trinajstić information content (AvgIpc) is 3.26. The highest BCUT2D eigenvalue weighted by Crippen LogP contribution is 2.34. The fourth-order valence-corrected chi connectivity index (χ4v) is 3.70. The lowest BCUT2D eigenvalue weighted by atomic mass is 10.1.